The lowest BCUT2D eigenvalue weighted by molar-refractivity contribution is -0.339. The Morgan fingerprint density at radius 3 is 1.52 bits per heavy atom. The first-order valence-corrected chi connectivity index (χ1v) is 40.5. The minimum atomic E-state index is -5.27. The number of nitrogens with zero attached hydrogens (tertiary/aromatic N) is 1. The lowest BCUT2D eigenvalue weighted by Gasteiger charge is -2.48. The molecule has 5 saturated heterocycles. The van der Waals surface area contributed by atoms with Crippen LogP contribution in [0.4, 0.5) is 4.79 Å². The molecular weight excluding hydrogens is 1300 g/mol. The van der Waals surface area contributed by atoms with Crippen molar-refractivity contribution in [3.63, 3.8) is 0 Å². The number of piperidine rings is 1. The number of phosphoric ester groups is 1. The van der Waals surface area contributed by atoms with Gasteiger partial charge in [-0.25, -0.2) is 9.36 Å². The first-order chi connectivity index (χ1) is 47.0. The Kier molecular flexibility index (Phi) is 44.6. The molecule has 18 atom stereocenters. The van der Waals surface area contributed by atoms with E-state index in [9.17, 15) is 64.7 Å². The molecule has 4 amide bonds. The lowest BCUT2D eigenvalue weighted by atomic mass is 9.97. The zero-order chi connectivity index (χ0) is 70.1. The fraction of sp³-hybridized carbons (Fsp3) is 0.957. The Balaban J connectivity index is 1.20. The summed E-state index contributed by atoms with van der Waals surface area (Å²) in [5.74, 6) is 0.317. The van der Waals surface area contributed by atoms with Gasteiger partial charge in [-0.05, 0) is 38.5 Å². The van der Waals surface area contributed by atoms with Gasteiger partial charge in [-0.1, -0.05) is 206 Å². The molecule has 12 N–H and O–H groups in total. The van der Waals surface area contributed by atoms with Crippen molar-refractivity contribution in [1.82, 2.24) is 20.9 Å². The van der Waals surface area contributed by atoms with Gasteiger partial charge in [0.1, 0.15) is 73.2 Å². The second-order valence-electron chi connectivity index (χ2n) is 27.9. The van der Waals surface area contributed by atoms with Crippen LogP contribution in [0, 0.1) is 0 Å². The molecule has 5 heterocycles. The number of carbonyl (C=O) groups is 3. The Labute approximate surface area is 584 Å². The summed E-state index contributed by atoms with van der Waals surface area (Å²) in [5, 5.41) is 94.8. The third kappa shape index (κ3) is 33.2. The Morgan fingerprint density at radius 1 is 0.577 bits per heavy atom. The standard InChI is InChI=1S/C70H131N4O21PS/c1-3-5-7-9-11-13-15-17-19-20-21-23-25-27-29-36-42-88-48-51(89-43-37-30-28-26-24-22-18-16-14-12-10-8-6-4-2)49-90-96(86,87)95-67-53(91-68-65(83)63(81)61(79)55(46-75)93-68)44-74(45-54(67)92-69-66(84)64(82)62(80)56(47-76)94-69)59(78)40-32-31-35-41-71-58(77)39-34-33-38-57-60-52(50-97-57)72-70(85)73-60/h51-57,60-69,75-76,79-84H,3-50H2,1-2H3,(H,71,77)(H,86,87)(H2,72,73,85)/t51-,52+,53-,54+,55-,56+,57+,60+,61-,62+,63+,64-,65+,66-,67?,68+,69-/m1/s1. The second-order valence-corrected chi connectivity index (χ2v) is 30.6. The highest BCUT2D eigenvalue weighted by Crippen LogP contribution is 2.48. The smallest absolute Gasteiger partial charge is 0.394 e. The summed E-state index contributed by atoms with van der Waals surface area (Å²) in [4.78, 5) is 51.8. The van der Waals surface area contributed by atoms with Crippen molar-refractivity contribution in [3.8, 4) is 0 Å². The van der Waals surface area contributed by atoms with E-state index < -0.39 is 132 Å². The average Bonchev–Trinajstić information content (AvgIpc) is 1.76. The number of hydrogen-bond acceptors (Lipinski definition) is 21. The number of urea groups is 1. The third-order valence-corrected chi connectivity index (χ3v) is 22.1. The average molecular weight is 1430 g/mol. The first-order valence-electron chi connectivity index (χ1n) is 38.0. The van der Waals surface area contributed by atoms with Crippen LogP contribution in [0.1, 0.15) is 258 Å². The molecule has 5 fully saturated rings. The second kappa shape index (κ2) is 50.5. The predicted octanol–water partition coefficient (Wildman–Crippen LogP) is 8.25. The molecule has 0 aliphatic carbocycles. The molecule has 0 aromatic rings. The molecule has 0 aromatic carbocycles. The summed E-state index contributed by atoms with van der Waals surface area (Å²) in [6, 6.07) is 0.115. The summed E-state index contributed by atoms with van der Waals surface area (Å²) in [6.07, 6.45) is 16.9. The summed E-state index contributed by atoms with van der Waals surface area (Å²) in [7, 11) is -5.27. The number of aliphatic hydroxyl groups is 8. The summed E-state index contributed by atoms with van der Waals surface area (Å²) >= 11 is 1.83. The van der Waals surface area contributed by atoms with Crippen molar-refractivity contribution >= 4 is 37.4 Å². The Morgan fingerprint density at radius 2 is 1.03 bits per heavy atom. The number of aliphatic hydroxyl groups excluding tert-OH is 8. The van der Waals surface area contributed by atoms with Crippen LogP contribution in [0.25, 0.3) is 0 Å². The maximum atomic E-state index is 14.5. The maximum absolute atomic E-state index is 14.5. The summed E-state index contributed by atoms with van der Waals surface area (Å²) in [6.45, 7) is 2.73. The Hall–Kier alpha value is -1.89. The van der Waals surface area contributed by atoms with Gasteiger partial charge in [-0.15, -0.1) is 0 Å². The van der Waals surface area contributed by atoms with E-state index in [1.807, 2.05) is 11.8 Å². The molecule has 5 aliphatic rings. The normalized spacial score (nSPS) is 29.1. The van der Waals surface area contributed by atoms with Gasteiger partial charge in [-0.3, -0.25) is 18.6 Å². The summed E-state index contributed by atoms with van der Waals surface area (Å²) < 4.78 is 62.5. The topological polar surface area (TPSA) is 364 Å². The number of phosphoric acid groups is 1. The summed E-state index contributed by atoms with van der Waals surface area (Å²) in [5.41, 5.74) is 0. The fourth-order valence-electron chi connectivity index (χ4n) is 13.6. The van der Waals surface area contributed by atoms with Crippen LogP contribution in [0.2, 0.25) is 0 Å². The molecule has 0 bridgehead atoms. The van der Waals surface area contributed by atoms with Crippen LogP contribution < -0.4 is 16.0 Å². The Bertz CT molecular complexity index is 2070. The van der Waals surface area contributed by atoms with Gasteiger partial charge in [0, 0.05) is 56.7 Å². The highest BCUT2D eigenvalue weighted by Gasteiger charge is 2.53. The van der Waals surface area contributed by atoms with Crippen LogP contribution in [0.15, 0.2) is 0 Å². The van der Waals surface area contributed by atoms with Crippen molar-refractivity contribution in [1.29, 1.82) is 0 Å². The van der Waals surface area contributed by atoms with Gasteiger partial charge in [-0.2, -0.15) is 11.8 Å². The van der Waals surface area contributed by atoms with Gasteiger partial charge < -0.3 is 95.0 Å². The van der Waals surface area contributed by atoms with Crippen molar-refractivity contribution in [2.75, 3.05) is 65.0 Å². The molecule has 5 rings (SSSR count). The number of thioether (sulfide) groups is 1. The van der Waals surface area contributed by atoms with E-state index in [0.717, 1.165) is 70.0 Å². The van der Waals surface area contributed by atoms with Gasteiger partial charge in [0.05, 0.1) is 38.5 Å². The number of nitrogens with one attached hydrogen (secondary N) is 3. The van der Waals surface area contributed by atoms with E-state index in [1.54, 1.807) is 0 Å². The van der Waals surface area contributed by atoms with Crippen LogP contribution in [0.3, 0.4) is 0 Å². The minimum absolute atomic E-state index is 0.0418. The van der Waals surface area contributed by atoms with E-state index in [4.69, 9.17) is 37.5 Å². The largest absolute Gasteiger partial charge is 0.472 e. The number of ether oxygens (including phenoxy) is 6. The molecule has 0 aromatic heterocycles. The highest BCUT2D eigenvalue weighted by atomic mass is 32.2. The minimum Gasteiger partial charge on any atom is -0.394 e. The van der Waals surface area contributed by atoms with E-state index in [0.29, 0.717) is 57.1 Å². The third-order valence-electron chi connectivity index (χ3n) is 19.6. The molecule has 97 heavy (non-hydrogen) atoms. The molecule has 0 saturated carbocycles. The lowest BCUT2D eigenvalue weighted by Crippen LogP contribution is -2.65. The van der Waals surface area contributed by atoms with Gasteiger partial charge in [0.15, 0.2) is 12.6 Å². The van der Waals surface area contributed by atoms with E-state index in [-0.39, 0.29) is 37.0 Å². The van der Waals surface area contributed by atoms with Crippen molar-refractivity contribution in [2.24, 2.45) is 0 Å². The zero-order valence-corrected chi connectivity index (χ0v) is 60.7. The first kappa shape index (κ1) is 85.8. The molecule has 0 spiro atoms. The number of amides is 4. The van der Waals surface area contributed by atoms with Crippen LogP contribution in [-0.2, 0) is 51.6 Å². The van der Waals surface area contributed by atoms with Crippen molar-refractivity contribution in [2.45, 2.75) is 361 Å². The quantitative estimate of drug-likeness (QED) is 0.0155. The molecule has 25 nitrogen and oxygen atoms in total. The number of fused-ring (bicyclic) bond motifs is 1. The van der Waals surface area contributed by atoms with Gasteiger partial charge in [0.2, 0.25) is 11.8 Å². The fourth-order valence-corrected chi connectivity index (χ4v) is 16.1. The maximum Gasteiger partial charge on any atom is 0.472 e. The van der Waals surface area contributed by atoms with Crippen molar-refractivity contribution in [3.05, 3.63) is 0 Å². The number of likely N-dealkylation sites (tertiary alicyclic amines) is 1. The molecule has 2 unspecified atom stereocenters. The molecule has 27 heteroatoms. The molecule has 0 radical (unpaired) electrons. The van der Waals surface area contributed by atoms with E-state index in [1.165, 1.54) is 146 Å². The number of rotatable bonds is 57. The zero-order valence-electron chi connectivity index (χ0n) is 59.0. The van der Waals surface area contributed by atoms with Crippen LogP contribution in [0.5, 0.6) is 0 Å². The van der Waals surface area contributed by atoms with Gasteiger partial charge in [0.25, 0.3) is 0 Å². The molecule has 568 valence electrons. The van der Waals surface area contributed by atoms with Crippen LogP contribution in [-0.4, -0.2) is 237 Å². The number of unbranched alkanes of at least 4 members (excludes halogenated alkanes) is 31. The monoisotopic (exact) mass is 1430 g/mol. The molecule has 5 aliphatic heterocycles. The highest BCUT2D eigenvalue weighted by molar-refractivity contribution is 8.00. The van der Waals surface area contributed by atoms with E-state index in [2.05, 4.69) is 29.8 Å². The SMILES string of the molecule is CCCCCCCCCCCCCCCCCCOC[C@H](COP(=O)(O)OC1[C@@H](O[C@@H]2O[C@@H](CO)[C@H](O)[C@@H](O)[C@H]2O)CN(C(=O)CCCCCNC(=O)CCCC[C@@H]2SC[C@@H]3NC(=O)N[C@@H]32)C[C@H]1O[C@H]1O[C@H](CO)[C@@H](O)[C@H](O)[C@@H]1O)OCCCCCCCCCCCCCCCC. The van der Waals surface area contributed by atoms with Crippen molar-refractivity contribution < 1.29 is 102 Å². The van der Waals surface area contributed by atoms with E-state index >= 15 is 0 Å². The number of hydrogen-bond donors (Lipinski definition) is 12. The predicted molar refractivity (Wildman–Crippen MR) is 370 cm³/mol. The molecular formula is C70H131N4O21PS. The van der Waals surface area contributed by atoms with Crippen LogP contribution >= 0.6 is 19.6 Å². The van der Waals surface area contributed by atoms with Gasteiger partial charge >= 0.3 is 13.9 Å². The number of carbonyl (C=O) groups excluding carboxylic acids is 3.